The lowest BCUT2D eigenvalue weighted by Crippen LogP contribution is -2.50. The van der Waals surface area contributed by atoms with Crippen LogP contribution in [0, 0.1) is 5.92 Å². The molecule has 0 aliphatic carbocycles. The second-order valence-electron chi connectivity index (χ2n) is 6.51. The fraction of sp³-hybridized carbons (Fsp3) is 0.611. The molecule has 1 aliphatic rings. The number of carbonyl (C=O) groups excluding carboxylic acids is 2. The first-order valence-electron chi connectivity index (χ1n) is 9.00. The number of anilines is 1. The van der Waals surface area contributed by atoms with E-state index in [0.29, 0.717) is 26.1 Å². The topological polar surface area (TPSA) is 91.6 Å². The molecule has 2 rings (SSSR count). The molecule has 0 bridgehead atoms. The Morgan fingerprint density at radius 1 is 1.28 bits per heavy atom. The number of nitrogens with zero attached hydrogens (tertiary/aromatic N) is 3. The quantitative estimate of drug-likeness (QED) is 0.754. The van der Waals surface area contributed by atoms with Crippen molar-refractivity contribution in [1.29, 1.82) is 0 Å². The summed E-state index contributed by atoms with van der Waals surface area (Å²) in [7, 11) is 0. The summed E-state index contributed by atoms with van der Waals surface area (Å²) in [6.45, 7) is 7.19. The lowest BCUT2D eigenvalue weighted by atomic mass is 9.99. The van der Waals surface area contributed by atoms with Crippen LogP contribution in [0.25, 0.3) is 0 Å². The minimum Gasteiger partial charge on any atom is -0.354 e. The maximum absolute atomic E-state index is 12.3. The summed E-state index contributed by atoms with van der Waals surface area (Å²) < 4.78 is 0. The largest absolute Gasteiger partial charge is 0.354 e. The Labute approximate surface area is 149 Å². The molecule has 1 aliphatic heterocycles. The second kappa shape index (κ2) is 9.36. The Morgan fingerprint density at radius 3 is 2.60 bits per heavy atom. The first-order chi connectivity index (χ1) is 12.0. The molecule has 25 heavy (non-hydrogen) atoms. The highest BCUT2D eigenvalue weighted by molar-refractivity contribution is 5.83. The minimum atomic E-state index is -0.512. The van der Waals surface area contributed by atoms with Gasteiger partial charge in [0.25, 0.3) is 0 Å². The van der Waals surface area contributed by atoms with Gasteiger partial charge in [0.05, 0.1) is 6.04 Å². The molecule has 0 saturated carbocycles. The summed E-state index contributed by atoms with van der Waals surface area (Å²) in [5, 5.41) is 2.77. The Bertz CT molecular complexity index is 558. The third-order valence-corrected chi connectivity index (χ3v) is 4.80. The Balaban J connectivity index is 1.70. The van der Waals surface area contributed by atoms with Gasteiger partial charge >= 0.3 is 0 Å². The molecule has 7 nitrogen and oxygen atoms in total. The van der Waals surface area contributed by atoms with E-state index in [1.807, 2.05) is 36.9 Å². The molecule has 0 aromatic carbocycles. The number of piperazine rings is 1. The van der Waals surface area contributed by atoms with Crippen molar-refractivity contribution in [2.45, 2.75) is 32.7 Å². The molecule has 1 saturated heterocycles. The molecule has 1 fully saturated rings. The smallest absolute Gasteiger partial charge is 0.237 e. The summed E-state index contributed by atoms with van der Waals surface area (Å²) in [5.41, 5.74) is 5.88. The molecule has 0 radical (unpaired) electrons. The van der Waals surface area contributed by atoms with Gasteiger partial charge in [0.15, 0.2) is 0 Å². The van der Waals surface area contributed by atoms with Crippen LogP contribution in [0.3, 0.4) is 0 Å². The lowest BCUT2D eigenvalue weighted by molar-refractivity contribution is -0.131. The fourth-order valence-corrected chi connectivity index (χ4v) is 2.81. The van der Waals surface area contributed by atoms with E-state index in [1.54, 1.807) is 6.20 Å². The van der Waals surface area contributed by atoms with E-state index < -0.39 is 6.04 Å². The van der Waals surface area contributed by atoms with E-state index in [4.69, 9.17) is 5.73 Å². The Kier molecular flexibility index (Phi) is 7.18. The Morgan fingerprint density at radius 2 is 2.00 bits per heavy atom. The highest BCUT2D eigenvalue weighted by Crippen LogP contribution is 2.13. The summed E-state index contributed by atoms with van der Waals surface area (Å²) in [6.07, 6.45) is 2.94. The molecule has 138 valence electrons. The van der Waals surface area contributed by atoms with Crippen LogP contribution in [-0.2, 0) is 9.59 Å². The van der Waals surface area contributed by atoms with E-state index in [0.717, 1.165) is 25.3 Å². The second-order valence-corrected chi connectivity index (χ2v) is 6.51. The SMILES string of the molecule is CCC(C)C(N)C(=O)NCCC(=O)N1CCN(c2ccccn2)CC1. The number of nitrogens with two attached hydrogens (primary N) is 1. The van der Waals surface area contributed by atoms with Crippen molar-refractivity contribution in [3.8, 4) is 0 Å². The molecule has 3 N–H and O–H groups in total. The van der Waals surface area contributed by atoms with Crippen LogP contribution in [0.4, 0.5) is 5.82 Å². The van der Waals surface area contributed by atoms with Crippen LogP contribution in [0.15, 0.2) is 24.4 Å². The fourth-order valence-electron chi connectivity index (χ4n) is 2.81. The molecule has 2 atom stereocenters. The number of rotatable bonds is 7. The number of hydrogen-bond donors (Lipinski definition) is 2. The minimum absolute atomic E-state index is 0.0677. The molecule has 1 aromatic heterocycles. The first kappa shape index (κ1) is 19.2. The predicted molar refractivity (Wildman–Crippen MR) is 98.1 cm³/mol. The molecule has 2 unspecified atom stereocenters. The lowest BCUT2D eigenvalue weighted by Gasteiger charge is -2.35. The molecule has 0 spiro atoms. The van der Waals surface area contributed by atoms with Gasteiger partial charge in [0.2, 0.25) is 11.8 Å². The maximum atomic E-state index is 12.3. The number of pyridine rings is 1. The van der Waals surface area contributed by atoms with Crippen molar-refractivity contribution in [3.05, 3.63) is 24.4 Å². The summed E-state index contributed by atoms with van der Waals surface area (Å²) in [4.78, 5) is 32.6. The normalized spacial score (nSPS) is 17.1. The summed E-state index contributed by atoms with van der Waals surface area (Å²) >= 11 is 0. The van der Waals surface area contributed by atoms with E-state index in [9.17, 15) is 9.59 Å². The molecular formula is C18H29N5O2. The maximum Gasteiger partial charge on any atom is 0.237 e. The van der Waals surface area contributed by atoms with Crippen LogP contribution in [-0.4, -0.2) is 60.5 Å². The van der Waals surface area contributed by atoms with Crippen LogP contribution >= 0.6 is 0 Å². The number of aromatic nitrogens is 1. The van der Waals surface area contributed by atoms with Crippen molar-refractivity contribution in [3.63, 3.8) is 0 Å². The van der Waals surface area contributed by atoms with Gasteiger partial charge in [-0.25, -0.2) is 4.98 Å². The van der Waals surface area contributed by atoms with Gasteiger partial charge in [-0.3, -0.25) is 9.59 Å². The monoisotopic (exact) mass is 347 g/mol. The first-order valence-corrected chi connectivity index (χ1v) is 9.00. The zero-order valence-electron chi connectivity index (χ0n) is 15.1. The number of amides is 2. The molecule has 2 amide bonds. The van der Waals surface area contributed by atoms with Crippen LogP contribution in [0.2, 0.25) is 0 Å². The Hall–Kier alpha value is -2.15. The van der Waals surface area contributed by atoms with E-state index in [2.05, 4.69) is 15.2 Å². The van der Waals surface area contributed by atoms with E-state index in [-0.39, 0.29) is 17.7 Å². The third-order valence-electron chi connectivity index (χ3n) is 4.80. The van der Waals surface area contributed by atoms with Gasteiger partial charge < -0.3 is 20.9 Å². The van der Waals surface area contributed by atoms with Crippen LogP contribution < -0.4 is 16.0 Å². The number of nitrogens with one attached hydrogen (secondary N) is 1. The molecule has 2 heterocycles. The summed E-state index contributed by atoms with van der Waals surface area (Å²) in [5.74, 6) is 0.969. The van der Waals surface area contributed by atoms with Gasteiger partial charge in [0, 0.05) is 45.3 Å². The predicted octanol–water partition coefficient (Wildman–Crippen LogP) is 0.610. The molecule has 7 heteroatoms. The van der Waals surface area contributed by atoms with Crippen LogP contribution in [0.1, 0.15) is 26.7 Å². The highest BCUT2D eigenvalue weighted by atomic mass is 16.2. The number of hydrogen-bond acceptors (Lipinski definition) is 5. The number of carbonyl (C=O) groups is 2. The molecular weight excluding hydrogens is 318 g/mol. The summed E-state index contributed by atoms with van der Waals surface area (Å²) in [6, 6.07) is 5.33. The van der Waals surface area contributed by atoms with Crippen molar-refractivity contribution in [2.75, 3.05) is 37.6 Å². The van der Waals surface area contributed by atoms with Gasteiger partial charge in [-0.15, -0.1) is 0 Å². The van der Waals surface area contributed by atoms with E-state index in [1.165, 1.54) is 0 Å². The van der Waals surface area contributed by atoms with Crippen molar-refractivity contribution in [2.24, 2.45) is 11.7 Å². The van der Waals surface area contributed by atoms with Crippen molar-refractivity contribution < 1.29 is 9.59 Å². The van der Waals surface area contributed by atoms with E-state index >= 15 is 0 Å². The van der Waals surface area contributed by atoms with Crippen LogP contribution in [0.5, 0.6) is 0 Å². The average Bonchev–Trinajstić information content (AvgIpc) is 2.67. The third kappa shape index (κ3) is 5.42. The van der Waals surface area contributed by atoms with Gasteiger partial charge in [-0.05, 0) is 18.1 Å². The van der Waals surface area contributed by atoms with Crippen molar-refractivity contribution >= 4 is 17.6 Å². The average molecular weight is 347 g/mol. The van der Waals surface area contributed by atoms with Gasteiger partial charge in [0.1, 0.15) is 5.82 Å². The molecule has 1 aromatic rings. The van der Waals surface area contributed by atoms with Gasteiger partial charge in [-0.1, -0.05) is 26.3 Å². The zero-order chi connectivity index (χ0) is 18.2. The standard InChI is InChI=1S/C18H29N5O2/c1-3-14(2)17(19)18(25)21-9-7-16(24)23-12-10-22(11-13-23)15-6-4-5-8-20-15/h4-6,8,14,17H,3,7,9-13,19H2,1-2H3,(H,21,25). The zero-order valence-corrected chi connectivity index (χ0v) is 15.1. The highest BCUT2D eigenvalue weighted by Gasteiger charge is 2.22. The van der Waals surface area contributed by atoms with Gasteiger partial charge in [-0.2, -0.15) is 0 Å². The van der Waals surface area contributed by atoms with Crippen molar-refractivity contribution in [1.82, 2.24) is 15.2 Å².